The Hall–Kier alpha value is -0.800. The first-order valence-electron chi connectivity index (χ1n) is 6.70. The molecule has 1 aliphatic rings. The number of thiophene rings is 1. The summed E-state index contributed by atoms with van der Waals surface area (Å²) in [6.07, 6.45) is 2.38. The Balaban J connectivity index is 1.75. The third kappa shape index (κ3) is 3.51. The molecule has 3 rings (SSSR count). The number of hydrogen-bond acceptors (Lipinski definition) is 6. The third-order valence-corrected chi connectivity index (χ3v) is 6.96. The summed E-state index contributed by atoms with van der Waals surface area (Å²) in [5.41, 5.74) is 2.49. The lowest BCUT2D eigenvalue weighted by atomic mass is 10.4. The lowest BCUT2D eigenvalue weighted by molar-refractivity contribution is 0.462. The maximum Gasteiger partial charge on any atom is 0.244 e. The van der Waals surface area contributed by atoms with E-state index in [9.17, 15) is 8.42 Å². The van der Waals surface area contributed by atoms with Crippen LogP contribution in [0.25, 0.3) is 0 Å². The predicted molar refractivity (Wildman–Crippen MR) is 84.9 cm³/mol. The van der Waals surface area contributed by atoms with Crippen LogP contribution in [0.4, 0.5) is 0 Å². The summed E-state index contributed by atoms with van der Waals surface area (Å²) < 4.78 is 26.7. The zero-order chi connectivity index (χ0) is 14.9. The average molecular weight is 343 g/mol. The Bertz CT molecular complexity index is 690. The van der Waals surface area contributed by atoms with Crippen LogP contribution in [0.2, 0.25) is 0 Å². The van der Waals surface area contributed by atoms with E-state index in [4.69, 9.17) is 0 Å². The number of aromatic nitrogens is 1. The van der Waals surface area contributed by atoms with Gasteiger partial charge in [0.15, 0.2) is 0 Å². The van der Waals surface area contributed by atoms with Crippen molar-refractivity contribution in [2.45, 2.75) is 36.9 Å². The molecule has 21 heavy (non-hydrogen) atoms. The van der Waals surface area contributed by atoms with Crippen LogP contribution in [0.15, 0.2) is 27.2 Å². The zero-order valence-corrected chi connectivity index (χ0v) is 14.1. The van der Waals surface area contributed by atoms with Gasteiger partial charge in [0.1, 0.15) is 0 Å². The maximum absolute atomic E-state index is 12.7. The number of thiazole rings is 1. The van der Waals surface area contributed by atoms with Crippen LogP contribution in [0.5, 0.6) is 0 Å². The largest absolute Gasteiger partial charge is 0.309 e. The normalized spacial score (nSPS) is 15.7. The lowest BCUT2D eigenvalue weighted by Crippen LogP contribution is -2.27. The van der Waals surface area contributed by atoms with Gasteiger partial charge in [-0.1, -0.05) is 0 Å². The Labute approximate surface area is 132 Å². The third-order valence-electron chi connectivity index (χ3n) is 3.39. The first-order valence-corrected chi connectivity index (χ1v) is 9.97. The van der Waals surface area contributed by atoms with Gasteiger partial charge in [-0.05, 0) is 24.3 Å². The van der Waals surface area contributed by atoms with Gasteiger partial charge < -0.3 is 5.32 Å². The van der Waals surface area contributed by atoms with E-state index in [0.29, 0.717) is 24.0 Å². The van der Waals surface area contributed by atoms with E-state index < -0.39 is 10.0 Å². The second-order valence-electron chi connectivity index (χ2n) is 5.10. The van der Waals surface area contributed by atoms with Crippen LogP contribution in [-0.2, 0) is 23.1 Å². The fourth-order valence-corrected chi connectivity index (χ4v) is 5.06. The Kier molecular flexibility index (Phi) is 4.41. The molecular formula is C13H17N3O2S3. The van der Waals surface area contributed by atoms with Gasteiger partial charge >= 0.3 is 0 Å². The fourth-order valence-electron chi connectivity index (χ4n) is 2.01. The van der Waals surface area contributed by atoms with Crippen molar-refractivity contribution < 1.29 is 8.42 Å². The van der Waals surface area contributed by atoms with Gasteiger partial charge in [0.2, 0.25) is 10.0 Å². The van der Waals surface area contributed by atoms with Crippen LogP contribution >= 0.6 is 22.7 Å². The van der Waals surface area contributed by atoms with Crippen LogP contribution in [-0.4, -0.2) is 30.8 Å². The molecule has 1 aliphatic carbocycles. The average Bonchev–Trinajstić information content (AvgIpc) is 2.93. The molecule has 1 saturated carbocycles. The summed E-state index contributed by atoms with van der Waals surface area (Å²) >= 11 is 2.96. The molecule has 0 aliphatic heterocycles. The van der Waals surface area contributed by atoms with Crippen LogP contribution in [0, 0.1) is 0 Å². The molecule has 8 heteroatoms. The van der Waals surface area contributed by atoms with E-state index in [-0.39, 0.29) is 0 Å². The maximum atomic E-state index is 12.7. The molecule has 0 saturated heterocycles. The van der Waals surface area contributed by atoms with Crippen molar-refractivity contribution in [2.24, 2.45) is 0 Å². The minimum atomic E-state index is -3.46. The minimum absolute atomic E-state index is 0.303. The van der Waals surface area contributed by atoms with Crippen molar-refractivity contribution in [1.82, 2.24) is 14.6 Å². The van der Waals surface area contributed by atoms with Gasteiger partial charge in [0.25, 0.3) is 0 Å². The molecule has 1 N–H and O–H groups in total. The number of nitrogens with one attached hydrogen (secondary N) is 1. The summed E-state index contributed by atoms with van der Waals surface area (Å²) in [7, 11) is -1.86. The molecule has 2 aromatic rings. The van der Waals surface area contributed by atoms with Crippen molar-refractivity contribution >= 4 is 32.7 Å². The van der Waals surface area contributed by atoms with Crippen molar-refractivity contribution in [3.63, 3.8) is 0 Å². The van der Waals surface area contributed by atoms with E-state index in [2.05, 4.69) is 10.3 Å². The topological polar surface area (TPSA) is 62.3 Å². The molecule has 5 nitrogen and oxygen atoms in total. The Morgan fingerprint density at radius 2 is 2.29 bits per heavy atom. The van der Waals surface area contributed by atoms with Crippen molar-refractivity contribution in [2.75, 3.05) is 7.05 Å². The summed E-state index contributed by atoms with van der Waals surface area (Å²) in [6, 6.07) is 2.26. The molecule has 0 amide bonds. The van der Waals surface area contributed by atoms with E-state index in [1.807, 2.05) is 10.8 Å². The van der Waals surface area contributed by atoms with Gasteiger partial charge in [-0.25, -0.2) is 13.4 Å². The molecule has 2 aromatic heterocycles. The van der Waals surface area contributed by atoms with Crippen LogP contribution in [0.1, 0.15) is 23.4 Å². The molecule has 0 bridgehead atoms. The number of sulfonamides is 1. The molecule has 0 atom stereocenters. The van der Waals surface area contributed by atoms with Crippen molar-refractivity contribution in [1.29, 1.82) is 0 Å². The summed E-state index contributed by atoms with van der Waals surface area (Å²) in [6.45, 7) is 0.929. The van der Waals surface area contributed by atoms with Crippen molar-refractivity contribution in [3.8, 4) is 0 Å². The molecular weight excluding hydrogens is 326 g/mol. The summed E-state index contributed by atoms with van der Waals surface area (Å²) in [5, 5.41) is 7.08. The standard InChI is InChI=1S/C13H17N3O2S3/c1-16(7-11-8-19-9-15-11)21(17,18)13-4-5-20-12(13)6-14-10-2-3-10/h4-5,8-10,14H,2-3,6-7H2,1H3. The first-order chi connectivity index (χ1) is 10.1. The van der Waals surface area contributed by atoms with Gasteiger partial charge in [0.05, 0.1) is 22.6 Å². The fraction of sp³-hybridized carbons (Fsp3) is 0.462. The number of hydrogen-bond donors (Lipinski definition) is 1. The van der Waals surface area contributed by atoms with E-state index in [1.54, 1.807) is 18.6 Å². The Morgan fingerprint density at radius 3 is 2.95 bits per heavy atom. The molecule has 0 unspecified atom stereocenters. The molecule has 0 radical (unpaired) electrons. The van der Waals surface area contributed by atoms with Crippen molar-refractivity contribution in [3.05, 3.63) is 32.9 Å². The predicted octanol–water partition coefficient (Wildman–Crippen LogP) is 2.28. The minimum Gasteiger partial charge on any atom is -0.309 e. The molecule has 2 heterocycles. The quantitative estimate of drug-likeness (QED) is 0.838. The molecule has 114 valence electrons. The zero-order valence-electron chi connectivity index (χ0n) is 11.7. The van der Waals surface area contributed by atoms with Crippen LogP contribution in [0.3, 0.4) is 0 Å². The highest BCUT2D eigenvalue weighted by Gasteiger charge is 2.27. The SMILES string of the molecule is CN(Cc1cscn1)S(=O)(=O)c1ccsc1CNC1CC1. The highest BCUT2D eigenvalue weighted by Crippen LogP contribution is 2.27. The number of nitrogens with zero attached hydrogens (tertiary/aromatic N) is 2. The lowest BCUT2D eigenvalue weighted by Gasteiger charge is -2.16. The number of rotatable bonds is 7. The van der Waals surface area contributed by atoms with E-state index in [1.165, 1.54) is 39.8 Å². The van der Waals surface area contributed by atoms with Gasteiger partial charge in [-0.2, -0.15) is 4.31 Å². The molecule has 1 fully saturated rings. The highest BCUT2D eigenvalue weighted by atomic mass is 32.2. The van der Waals surface area contributed by atoms with Gasteiger partial charge in [-0.15, -0.1) is 22.7 Å². The van der Waals surface area contributed by atoms with E-state index >= 15 is 0 Å². The van der Waals surface area contributed by atoms with Gasteiger partial charge in [-0.3, -0.25) is 0 Å². The van der Waals surface area contributed by atoms with E-state index in [0.717, 1.165) is 10.6 Å². The van der Waals surface area contributed by atoms with Gasteiger partial charge in [0, 0.05) is 29.9 Å². The summed E-state index contributed by atoms with van der Waals surface area (Å²) in [4.78, 5) is 5.44. The second-order valence-corrected chi connectivity index (χ2v) is 8.84. The second kappa shape index (κ2) is 6.13. The smallest absolute Gasteiger partial charge is 0.244 e. The monoisotopic (exact) mass is 343 g/mol. The van der Waals surface area contributed by atoms with Crippen LogP contribution < -0.4 is 5.32 Å². The molecule has 0 spiro atoms. The first kappa shape index (κ1) is 15.1. The Morgan fingerprint density at radius 1 is 1.48 bits per heavy atom. The summed E-state index contributed by atoms with van der Waals surface area (Å²) in [5.74, 6) is 0. The molecule has 0 aromatic carbocycles. The highest BCUT2D eigenvalue weighted by molar-refractivity contribution is 7.89.